The van der Waals surface area contributed by atoms with Gasteiger partial charge in [-0.3, -0.25) is 4.79 Å². The predicted octanol–water partition coefficient (Wildman–Crippen LogP) is 3.83. The van der Waals surface area contributed by atoms with Gasteiger partial charge in [0.1, 0.15) is 11.6 Å². The Balaban J connectivity index is 1.90. The van der Waals surface area contributed by atoms with Gasteiger partial charge in [-0.15, -0.1) is 0 Å². The lowest BCUT2D eigenvalue weighted by molar-refractivity contribution is -0.123. The summed E-state index contributed by atoms with van der Waals surface area (Å²) in [5.74, 6) is 1.84. The molecular weight excluding hydrogens is 352 g/mol. The number of aromatic nitrogens is 3. The molecule has 0 bridgehead atoms. The highest BCUT2D eigenvalue weighted by Gasteiger charge is 2.33. The van der Waals surface area contributed by atoms with E-state index in [2.05, 4.69) is 35.0 Å². The maximum Gasteiger partial charge on any atom is 0.244 e. The van der Waals surface area contributed by atoms with E-state index in [0.717, 1.165) is 30.1 Å². The molecule has 1 aliphatic heterocycles. The zero-order valence-corrected chi connectivity index (χ0v) is 18.0. The maximum atomic E-state index is 12.4. The van der Waals surface area contributed by atoms with Crippen LogP contribution in [0.15, 0.2) is 36.5 Å². The molecule has 2 rings (SSSR count). The highest BCUT2D eigenvalue weighted by molar-refractivity contribution is 5.87. The molecule has 0 saturated carbocycles. The summed E-state index contributed by atoms with van der Waals surface area (Å²) in [7, 11) is 0. The summed E-state index contributed by atoms with van der Waals surface area (Å²) in [6, 6.07) is -0.0197. The molecule has 1 amide bonds. The monoisotopic (exact) mass is 386 g/mol. The number of carbonyl (C=O) groups is 1. The van der Waals surface area contributed by atoms with Gasteiger partial charge in [-0.1, -0.05) is 37.3 Å². The van der Waals surface area contributed by atoms with Gasteiger partial charge in [-0.25, -0.2) is 9.67 Å². The van der Waals surface area contributed by atoms with Crippen molar-refractivity contribution in [2.75, 3.05) is 0 Å². The second-order valence-corrected chi connectivity index (χ2v) is 7.85. The van der Waals surface area contributed by atoms with Crippen molar-refractivity contribution in [3.8, 4) is 0 Å². The minimum atomic E-state index is -0.102. The van der Waals surface area contributed by atoms with Crippen LogP contribution in [0.4, 0.5) is 0 Å². The van der Waals surface area contributed by atoms with Gasteiger partial charge < -0.3 is 10.1 Å². The first kappa shape index (κ1) is 22.1. The highest BCUT2D eigenvalue weighted by Crippen LogP contribution is 2.28. The lowest BCUT2D eigenvalue weighted by Crippen LogP contribution is -2.50. The number of hydrogen-bond donors (Lipinski definition) is 1. The smallest absolute Gasteiger partial charge is 0.244 e. The fraction of sp³-hybridized carbons (Fsp3) is 0.591. The van der Waals surface area contributed by atoms with Crippen LogP contribution in [0, 0.1) is 19.8 Å². The molecule has 1 aromatic heterocycles. The molecule has 0 radical (unpaired) electrons. The lowest BCUT2D eigenvalue weighted by atomic mass is 9.88. The number of nitrogens with zero attached hydrogens (tertiary/aromatic N) is 3. The standard InChI is InChI=1S/C22H34N4O2/c1-8-14(2)9-11-21-15(3)13-20(17(5)28-21)24-22(27)12-10-16(4)26-19(7)23-18(6)25-26/h8-10,12,15-17,20-21H,1,11,13H2,2-7H3,(H,24,27)/b12-10-,14-9+/t15-,16?,17+,20+,21-/m0/s1. The Morgan fingerprint density at radius 2 is 2.14 bits per heavy atom. The average Bonchev–Trinajstić information content (AvgIpc) is 2.99. The number of aryl methyl sites for hydroxylation is 2. The van der Waals surface area contributed by atoms with E-state index in [1.165, 1.54) is 0 Å². The number of rotatable bonds is 7. The summed E-state index contributed by atoms with van der Waals surface area (Å²) < 4.78 is 8.00. The van der Waals surface area contributed by atoms with Crippen LogP contribution in [0.3, 0.4) is 0 Å². The van der Waals surface area contributed by atoms with Gasteiger partial charge in [0.25, 0.3) is 0 Å². The molecule has 1 N–H and O–H groups in total. The Kier molecular flexibility index (Phi) is 7.75. The van der Waals surface area contributed by atoms with Crippen LogP contribution < -0.4 is 5.32 Å². The third-order valence-corrected chi connectivity index (χ3v) is 5.36. The normalized spacial score (nSPS) is 27.0. The fourth-order valence-electron chi connectivity index (χ4n) is 3.56. The molecule has 0 spiro atoms. The van der Waals surface area contributed by atoms with Gasteiger partial charge in [0.2, 0.25) is 5.91 Å². The molecule has 0 aromatic carbocycles. The van der Waals surface area contributed by atoms with Crippen molar-refractivity contribution in [2.45, 2.75) is 78.7 Å². The Labute approximate surface area is 168 Å². The molecular formula is C22H34N4O2. The first-order chi connectivity index (χ1) is 13.2. The third kappa shape index (κ3) is 5.89. The number of carbonyl (C=O) groups excluding carboxylic acids is 1. The summed E-state index contributed by atoms with van der Waals surface area (Å²) in [5, 5.41) is 7.46. The van der Waals surface area contributed by atoms with Crippen LogP contribution in [-0.4, -0.2) is 38.9 Å². The van der Waals surface area contributed by atoms with Crippen molar-refractivity contribution >= 4 is 5.91 Å². The van der Waals surface area contributed by atoms with Crippen molar-refractivity contribution in [3.05, 3.63) is 48.1 Å². The van der Waals surface area contributed by atoms with Gasteiger partial charge in [-0.05, 0) is 53.4 Å². The number of hydrogen-bond acceptors (Lipinski definition) is 4. The number of allylic oxidation sites excluding steroid dienone is 3. The van der Waals surface area contributed by atoms with E-state index in [9.17, 15) is 4.79 Å². The Morgan fingerprint density at radius 3 is 2.75 bits per heavy atom. The molecule has 0 aliphatic carbocycles. The second kappa shape index (κ2) is 9.82. The largest absolute Gasteiger partial charge is 0.373 e. The van der Waals surface area contributed by atoms with Gasteiger partial charge in [0.15, 0.2) is 0 Å². The van der Waals surface area contributed by atoms with E-state index >= 15 is 0 Å². The van der Waals surface area contributed by atoms with Crippen LogP contribution in [0.1, 0.15) is 58.2 Å². The summed E-state index contributed by atoms with van der Waals surface area (Å²) in [6.45, 7) is 15.8. The van der Waals surface area contributed by atoms with Crippen LogP contribution in [-0.2, 0) is 9.53 Å². The Morgan fingerprint density at radius 1 is 1.43 bits per heavy atom. The predicted molar refractivity (Wildman–Crippen MR) is 112 cm³/mol. The van der Waals surface area contributed by atoms with Crippen molar-refractivity contribution in [1.82, 2.24) is 20.1 Å². The molecule has 2 heterocycles. The molecule has 154 valence electrons. The minimum absolute atomic E-state index is 0.0125. The summed E-state index contributed by atoms with van der Waals surface area (Å²) in [4.78, 5) is 16.7. The molecule has 6 nitrogen and oxygen atoms in total. The van der Waals surface area contributed by atoms with Crippen molar-refractivity contribution in [1.29, 1.82) is 0 Å². The summed E-state index contributed by atoms with van der Waals surface area (Å²) >= 11 is 0. The third-order valence-electron chi connectivity index (χ3n) is 5.36. The second-order valence-electron chi connectivity index (χ2n) is 7.85. The van der Waals surface area contributed by atoms with Gasteiger partial charge >= 0.3 is 0 Å². The molecule has 6 heteroatoms. The van der Waals surface area contributed by atoms with Crippen LogP contribution in [0.5, 0.6) is 0 Å². The van der Waals surface area contributed by atoms with Crippen LogP contribution in [0.2, 0.25) is 0 Å². The van der Waals surface area contributed by atoms with E-state index in [-0.39, 0.29) is 30.2 Å². The van der Waals surface area contributed by atoms with Crippen LogP contribution >= 0.6 is 0 Å². The van der Waals surface area contributed by atoms with Crippen LogP contribution in [0.25, 0.3) is 0 Å². The minimum Gasteiger partial charge on any atom is -0.373 e. The van der Waals surface area contributed by atoms with E-state index < -0.39 is 0 Å². The molecule has 5 atom stereocenters. The molecule has 1 unspecified atom stereocenters. The quantitative estimate of drug-likeness (QED) is 0.571. The lowest BCUT2D eigenvalue weighted by Gasteiger charge is -2.39. The Bertz CT molecular complexity index is 750. The number of nitrogens with one attached hydrogen (secondary N) is 1. The van der Waals surface area contributed by atoms with Crippen molar-refractivity contribution in [2.24, 2.45) is 5.92 Å². The summed E-state index contributed by atoms with van der Waals surface area (Å²) in [5.41, 5.74) is 1.16. The van der Waals surface area contributed by atoms with Crippen molar-refractivity contribution in [3.63, 3.8) is 0 Å². The van der Waals surface area contributed by atoms with E-state index in [4.69, 9.17) is 4.74 Å². The highest BCUT2D eigenvalue weighted by atomic mass is 16.5. The zero-order valence-electron chi connectivity index (χ0n) is 18.0. The number of ether oxygens (including phenoxy) is 1. The van der Waals surface area contributed by atoms with E-state index in [1.54, 1.807) is 6.08 Å². The molecule has 1 aliphatic rings. The average molecular weight is 387 g/mol. The van der Waals surface area contributed by atoms with E-state index in [1.807, 2.05) is 51.5 Å². The molecule has 1 saturated heterocycles. The Hall–Kier alpha value is -2.21. The van der Waals surface area contributed by atoms with Crippen molar-refractivity contribution < 1.29 is 9.53 Å². The first-order valence-corrected chi connectivity index (χ1v) is 10.0. The maximum absolute atomic E-state index is 12.4. The molecule has 28 heavy (non-hydrogen) atoms. The number of amides is 1. The molecule has 1 fully saturated rings. The van der Waals surface area contributed by atoms with Gasteiger partial charge in [-0.2, -0.15) is 5.10 Å². The van der Waals surface area contributed by atoms with Gasteiger partial charge in [0.05, 0.1) is 24.3 Å². The zero-order chi connectivity index (χ0) is 20.8. The summed E-state index contributed by atoms with van der Waals surface area (Å²) in [6.07, 6.45) is 9.38. The van der Waals surface area contributed by atoms with Gasteiger partial charge in [0, 0.05) is 6.08 Å². The fourth-order valence-corrected chi connectivity index (χ4v) is 3.56. The topological polar surface area (TPSA) is 69.0 Å². The molecule has 1 aromatic rings. The van der Waals surface area contributed by atoms with E-state index in [0.29, 0.717) is 5.92 Å². The SMILES string of the molecule is C=C/C(C)=C/C[C@@H]1O[C@H](C)[C@H](NC(=O)/C=C\C(C)n2nc(C)nc2C)C[C@@H]1C. The first-order valence-electron chi connectivity index (χ1n) is 10.0.